The summed E-state index contributed by atoms with van der Waals surface area (Å²) in [6.07, 6.45) is 3.22. The predicted molar refractivity (Wildman–Crippen MR) is 45.3 cm³/mol. The van der Waals surface area contributed by atoms with Gasteiger partial charge >= 0.3 is 6.03 Å². The maximum absolute atomic E-state index is 10.7. The van der Waals surface area contributed by atoms with Crippen LogP contribution in [0.4, 0.5) is 4.79 Å². The maximum atomic E-state index is 10.7. The average molecular weight is 214 g/mol. The van der Waals surface area contributed by atoms with Gasteiger partial charge in [0.15, 0.2) is 0 Å². The summed E-state index contributed by atoms with van der Waals surface area (Å²) in [5.74, 6) is 0. The number of fused-ring (bicyclic) bond motifs is 1. The molecule has 2 amide bonds. The average Bonchev–Trinajstić information content (AvgIpc) is 2.31. The first-order valence-electron chi connectivity index (χ1n) is 3.05. The quantitative estimate of drug-likeness (QED) is 0.638. The molecule has 5 heteroatoms. The highest BCUT2D eigenvalue weighted by atomic mass is 79.9. The number of nitrogens with one attached hydrogen (secondary N) is 1. The van der Waals surface area contributed by atoms with E-state index in [0.717, 1.165) is 4.48 Å². The van der Waals surface area contributed by atoms with Gasteiger partial charge in [-0.2, -0.15) is 4.99 Å². The summed E-state index contributed by atoms with van der Waals surface area (Å²) in [6, 6.07) is -0.413. The molecule has 0 aliphatic carbocycles. The molecule has 0 saturated heterocycles. The molecule has 0 aromatic rings. The Morgan fingerprint density at radius 1 is 1.64 bits per heavy atom. The van der Waals surface area contributed by atoms with Gasteiger partial charge in [-0.3, -0.25) is 4.99 Å². The summed E-state index contributed by atoms with van der Waals surface area (Å²) in [4.78, 5) is 18.3. The summed E-state index contributed by atoms with van der Waals surface area (Å²) in [7, 11) is 0. The molecule has 0 aromatic carbocycles. The molecule has 2 heterocycles. The summed E-state index contributed by atoms with van der Waals surface area (Å²) in [5, 5.41) is 2.66. The number of rotatable bonds is 0. The Balaban J connectivity index is 2.40. The van der Waals surface area contributed by atoms with Gasteiger partial charge in [0, 0.05) is 10.7 Å². The Labute approximate surface area is 71.2 Å². The van der Waals surface area contributed by atoms with Crippen molar-refractivity contribution in [3.63, 3.8) is 0 Å². The van der Waals surface area contributed by atoms with Gasteiger partial charge in [0.05, 0.1) is 11.9 Å². The number of carbonyl (C=O) groups excluding carboxylic acids is 1. The van der Waals surface area contributed by atoms with Gasteiger partial charge < -0.3 is 5.32 Å². The summed E-state index contributed by atoms with van der Waals surface area (Å²) >= 11 is 3.27. The molecule has 0 saturated carbocycles. The number of aliphatic imine (C=N–C) groups is 2. The van der Waals surface area contributed by atoms with Crippen molar-refractivity contribution in [3.05, 3.63) is 10.7 Å². The fourth-order valence-electron chi connectivity index (χ4n) is 0.984. The zero-order chi connectivity index (χ0) is 7.84. The molecular weight excluding hydrogens is 210 g/mol. The Kier molecular flexibility index (Phi) is 1.38. The highest BCUT2D eigenvalue weighted by Crippen LogP contribution is 2.18. The molecule has 1 unspecified atom stereocenters. The van der Waals surface area contributed by atoms with Gasteiger partial charge in [0.2, 0.25) is 0 Å². The lowest BCUT2D eigenvalue weighted by Crippen LogP contribution is -2.33. The molecule has 2 aliphatic rings. The Hall–Kier alpha value is -0.970. The molecule has 0 bridgehead atoms. The second-order valence-electron chi connectivity index (χ2n) is 2.21. The molecule has 11 heavy (non-hydrogen) atoms. The second-order valence-corrected chi connectivity index (χ2v) is 3.13. The van der Waals surface area contributed by atoms with Gasteiger partial charge in [-0.1, -0.05) is 15.9 Å². The van der Waals surface area contributed by atoms with Crippen LogP contribution in [0.25, 0.3) is 0 Å². The van der Waals surface area contributed by atoms with E-state index >= 15 is 0 Å². The second kappa shape index (κ2) is 2.27. The van der Waals surface area contributed by atoms with Crippen molar-refractivity contribution in [2.75, 3.05) is 0 Å². The lowest BCUT2D eigenvalue weighted by Gasteiger charge is -2.11. The Bertz CT molecular complexity index is 305. The van der Waals surface area contributed by atoms with E-state index in [0.29, 0.717) is 5.71 Å². The number of hydrogen-bond acceptors (Lipinski definition) is 2. The van der Waals surface area contributed by atoms with E-state index in [1.54, 1.807) is 12.4 Å². The van der Waals surface area contributed by atoms with Crippen LogP contribution >= 0.6 is 15.9 Å². The summed E-state index contributed by atoms with van der Waals surface area (Å²) < 4.78 is 0.838. The van der Waals surface area contributed by atoms with E-state index in [1.807, 2.05) is 0 Å². The normalized spacial score (nSPS) is 27.4. The zero-order valence-electron chi connectivity index (χ0n) is 5.41. The first-order valence-corrected chi connectivity index (χ1v) is 3.84. The van der Waals surface area contributed by atoms with Crippen LogP contribution in [0.2, 0.25) is 0 Å². The lowest BCUT2D eigenvalue weighted by atomic mass is 10.2. The topological polar surface area (TPSA) is 53.8 Å². The first kappa shape index (κ1) is 6.72. The van der Waals surface area contributed by atoms with Crippen LogP contribution in [0.1, 0.15) is 0 Å². The Morgan fingerprint density at radius 2 is 2.45 bits per heavy atom. The van der Waals surface area contributed by atoms with Crippen molar-refractivity contribution >= 4 is 33.9 Å². The van der Waals surface area contributed by atoms with Crippen molar-refractivity contribution in [1.82, 2.24) is 5.32 Å². The van der Waals surface area contributed by atoms with Crippen LogP contribution in [-0.4, -0.2) is 24.0 Å². The third kappa shape index (κ3) is 1.01. The largest absolute Gasteiger partial charge is 0.342 e. The van der Waals surface area contributed by atoms with Crippen LogP contribution in [-0.2, 0) is 0 Å². The van der Waals surface area contributed by atoms with E-state index in [1.165, 1.54) is 0 Å². The molecule has 2 aliphatic heterocycles. The third-order valence-electron chi connectivity index (χ3n) is 1.47. The number of hydrogen-bond donors (Lipinski definition) is 1. The van der Waals surface area contributed by atoms with Gasteiger partial charge in [0.1, 0.15) is 6.04 Å². The molecular formula is C6H4BrN3O. The van der Waals surface area contributed by atoms with Crippen molar-refractivity contribution in [2.24, 2.45) is 9.98 Å². The predicted octanol–water partition coefficient (Wildman–Crippen LogP) is 0.840. The van der Waals surface area contributed by atoms with Crippen LogP contribution < -0.4 is 5.32 Å². The first-order chi connectivity index (χ1) is 5.27. The van der Waals surface area contributed by atoms with E-state index in [-0.39, 0.29) is 12.1 Å². The molecule has 0 spiro atoms. The highest BCUT2D eigenvalue weighted by Gasteiger charge is 2.28. The van der Waals surface area contributed by atoms with Crippen LogP contribution in [0, 0.1) is 0 Å². The van der Waals surface area contributed by atoms with Crippen molar-refractivity contribution in [2.45, 2.75) is 6.04 Å². The fraction of sp³-hybridized carbons (Fsp3) is 0.167. The number of carbonyl (C=O) groups is 1. The summed E-state index contributed by atoms with van der Waals surface area (Å²) in [5.41, 5.74) is 0.671. The molecule has 1 N–H and O–H groups in total. The van der Waals surface area contributed by atoms with Crippen molar-refractivity contribution < 1.29 is 4.79 Å². The molecule has 0 radical (unpaired) electrons. The smallest absolute Gasteiger partial charge is 0.323 e. The van der Waals surface area contributed by atoms with E-state index in [9.17, 15) is 4.79 Å². The van der Waals surface area contributed by atoms with Gasteiger partial charge in [0.25, 0.3) is 0 Å². The minimum Gasteiger partial charge on any atom is -0.323 e. The molecule has 1 atom stereocenters. The molecule has 2 rings (SSSR count). The van der Waals surface area contributed by atoms with Gasteiger partial charge in [-0.05, 0) is 0 Å². The van der Waals surface area contributed by atoms with Crippen LogP contribution in [0.15, 0.2) is 20.7 Å². The monoisotopic (exact) mass is 213 g/mol. The van der Waals surface area contributed by atoms with E-state index < -0.39 is 0 Å². The molecule has 4 nitrogen and oxygen atoms in total. The summed E-state index contributed by atoms with van der Waals surface area (Å²) in [6.45, 7) is 0. The fourth-order valence-corrected chi connectivity index (χ4v) is 1.45. The van der Waals surface area contributed by atoms with E-state index in [4.69, 9.17) is 0 Å². The molecule has 0 fully saturated rings. The van der Waals surface area contributed by atoms with Crippen molar-refractivity contribution in [1.29, 1.82) is 0 Å². The zero-order valence-corrected chi connectivity index (χ0v) is 7.00. The standard InChI is InChI=1S/C6H4BrN3O/c7-3-1-8-2-4-5(3)10-6(11)9-4/h1-2,5H,(H,10,11). The number of halogens is 1. The van der Waals surface area contributed by atoms with Gasteiger partial charge in [-0.25, -0.2) is 4.79 Å². The minimum absolute atomic E-state index is 0.111. The van der Waals surface area contributed by atoms with E-state index in [2.05, 4.69) is 31.2 Å². The minimum atomic E-state index is -0.302. The van der Waals surface area contributed by atoms with Crippen LogP contribution in [0.5, 0.6) is 0 Å². The maximum Gasteiger partial charge on any atom is 0.342 e. The number of nitrogens with zero attached hydrogens (tertiary/aromatic N) is 2. The Morgan fingerprint density at radius 3 is 3.18 bits per heavy atom. The SMILES string of the molecule is O=C1N=C2C=NC=C(Br)C2N1. The number of amides is 2. The highest BCUT2D eigenvalue weighted by molar-refractivity contribution is 9.11. The number of urea groups is 1. The van der Waals surface area contributed by atoms with Crippen LogP contribution in [0.3, 0.4) is 0 Å². The molecule has 0 aromatic heterocycles. The molecule has 56 valence electrons. The van der Waals surface area contributed by atoms with Gasteiger partial charge in [-0.15, -0.1) is 0 Å². The lowest BCUT2D eigenvalue weighted by molar-refractivity contribution is 0.251. The van der Waals surface area contributed by atoms with Crippen molar-refractivity contribution in [3.8, 4) is 0 Å². The third-order valence-corrected chi connectivity index (χ3v) is 2.14.